The maximum atomic E-state index is 12.3. The molecule has 5 heteroatoms. The zero-order valence-electron chi connectivity index (χ0n) is 14.8. The summed E-state index contributed by atoms with van der Waals surface area (Å²) in [6.45, 7) is 2.68. The molecule has 134 valence electrons. The van der Waals surface area contributed by atoms with Crippen LogP contribution in [0.3, 0.4) is 0 Å². The highest BCUT2D eigenvalue weighted by Crippen LogP contribution is 2.32. The first-order valence-electron chi connectivity index (χ1n) is 8.97. The molecule has 0 aromatic heterocycles. The van der Waals surface area contributed by atoms with Crippen molar-refractivity contribution in [2.75, 3.05) is 6.26 Å². The van der Waals surface area contributed by atoms with E-state index in [4.69, 9.17) is 0 Å². The van der Waals surface area contributed by atoms with Crippen molar-refractivity contribution in [1.82, 2.24) is 5.32 Å². The van der Waals surface area contributed by atoms with Gasteiger partial charge in [-0.05, 0) is 49.3 Å². The zero-order chi connectivity index (χ0) is 17.6. The number of unbranched alkanes of at least 4 members (excludes halogenated alkanes) is 1. The average molecular weight is 352 g/mol. The number of hydrogen-bond acceptors (Lipinski definition) is 3. The lowest BCUT2D eigenvalue weighted by Gasteiger charge is -2.27. The highest BCUT2D eigenvalue weighted by atomic mass is 32.2. The number of carbonyl (C=O) groups excluding carboxylic acids is 1. The van der Waals surface area contributed by atoms with E-state index in [1.807, 2.05) is 0 Å². The third-order valence-corrected chi connectivity index (χ3v) is 6.13. The summed E-state index contributed by atoms with van der Waals surface area (Å²) < 4.78 is 22.9. The smallest absolute Gasteiger partial charge is 0.223 e. The SMILES string of the molecule is CCCCC1CCC(C(=O)NCc2ccc(S(C)(=O)=O)cc2)CC1. The molecular formula is C19H29NO3S. The van der Waals surface area contributed by atoms with Gasteiger partial charge in [-0.2, -0.15) is 0 Å². The van der Waals surface area contributed by atoms with E-state index < -0.39 is 9.84 Å². The molecule has 2 rings (SSSR count). The standard InChI is InChI=1S/C19H29NO3S/c1-3-4-5-15-6-10-17(11-7-15)19(21)20-14-16-8-12-18(13-9-16)24(2,22)23/h8-9,12-13,15,17H,3-7,10-11,14H2,1-2H3,(H,20,21). The van der Waals surface area contributed by atoms with Crippen molar-refractivity contribution in [3.63, 3.8) is 0 Å². The van der Waals surface area contributed by atoms with Crippen LogP contribution in [-0.4, -0.2) is 20.6 Å². The second kappa shape index (κ2) is 8.65. The second-order valence-electron chi connectivity index (χ2n) is 6.99. The Bertz CT molecular complexity index is 629. The quantitative estimate of drug-likeness (QED) is 0.814. The Labute approximate surface area is 146 Å². The second-order valence-corrected chi connectivity index (χ2v) is 9.01. The summed E-state index contributed by atoms with van der Waals surface area (Å²) in [5.74, 6) is 1.08. The van der Waals surface area contributed by atoms with Gasteiger partial charge < -0.3 is 5.32 Å². The first-order chi connectivity index (χ1) is 11.4. The first-order valence-corrected chi connectivity index (χ1v) is 10.9. The van der Waals surface area contributed by atoms with E-state index in [0.717, 1.165) is 24.3 Å². The molecule has 1 aliphatic carbocycles. The van der Waals surface area contributed by atoms with Crippen molar-refractivity contribution in [2.45, 2.75) is 63.3 Å². The van der Waals surface area contributed by atoms with Gasteiger partial charge >= 0.3 is 0 Å². The molecule has 1 amide bonds. The van der Waals surface area contributed by atoms with Crippen LogP contribution in [-0.2, 0) is 21.2 Å². The summed E-state index contributed by atoms with van der Waals surface area (Å²) in [6, 6.07) is 6.71. The van der Waals surface area contributed by atoms with Gasteiger partial charge in [0, 0.05) is 18.7 Å². The summed E-state index contributed by atoms with van der Waals surface area (Å²) >= 11 is 0. The van der Waals surface area contributed by atoms with Crippen LogP contribution in [0.25, 0.3) is 0 Å². The molecular weight excluding hydrogens is 322 g/mol. The van der Waals surface area contributed by atoms with E-state index in [0.29, 0.717) is 11.4 Å². The van der Waals surface area contributed by atoms with Crippen LogP contribution in [0.15, 0.2) is 29.2 Å². The number of rotatable bonds is 7. The summed E-state index contributed by atoms with van der Waals surface area (Å²) in [4.78, 5) is 12.6. The van der Waals surface area contributed by atoms with Crippen molar-refractivity contribution in [3.05, 3.63) is 29.8 Å². The zero-order valence-corrected chi connectivity index (χ0v) is 15.6. The Morgan fingerprint density at radius 2 is 1.75 bits per heavy atom. The molecule has 1 aromatic rings. The molecule has 24 heavy (non-hydrogen) atoms. The molecule has 0 saturated heterocycles. The number of sulfone groups is 1. The monoisotopic (exact) mass is 351 g/mol. The molecule has 0 spiro atoms. The van der Waals surface area contributed by atoms with E-state index in [1.54, 1.807) is 24.3 Å². The molecule has 1 N–H and O–H groups in total. The summed E-state index contributed by atoms with van der Waals surface area (Å²) in [5, 5.41) is 3.00. The number of hydrogen-bond donors (Lipinski definition) is 1. The van der Waals surface area contributed by atoms with Crippen LogP contribution in [0.2, 0.25) is 0 Å². The summed E-state index contributed by atoms with van der Waals surface area (Å²) in [6.07, 6.45) is 9.37. The molecule has 0 atom stereocenters. The predicted molar refractivity (Wildman–Crippen MR) is 96.4 cm³/mol. The van der Waals surface area contributed by atoms with Gasteiger partial charge in [0.2, 0.25) is 5.91 Å². The van der Waals surface area contributed by atoms with E-state index in [2.05, 4.69) is 12.2 Å². The molecule has 4 nitrogen and oxygen atoms in total. The van der Waals surface area contributed by atoms with E-state index in [-0.39, 0.29) is 11.8 Å². The largest absolute Gasteiger partial charge is 0.352 e. The van der Waals surface area contributed by atoms with E-state index in [9.17, 15) is 13.2 Å². The maximum Gasteiger partial charge on any atom is 0.223 e. The number of amides is 1. The number of benzene rings is 1. The molecule has 1 aliphatic rings. The van der Waals surface area contributed by atoms with Crippen LogP contribution in [0.5, 0.6) is 0 Å². The van der Waals surface area contributed by atoms with Crippen LogP contribution in [0.4, 0.5) is 0 Å². The van der Waals surface area contributed by atoms with Gasteiger partial charge in [-0.3, -0.25) is 4.79 Å². The number of carbonyl (C=O) groups is 1. The van der Waals surface area contributed by atoms with Crippen LogP contribution >= 0.6 is 0 Å². The Balaban J connectivity index is 1.77. The fourth-order valence-corrected chi connectivity index (χ4v) is 4.02. The molecule has 1 fully saturated rings. The molecule has 0 aliphatic heterocycles. The topological polar surface area (TPSA) is 63.2 Å². The molecule has 0 unspecified atom stereocenters. The summed E-state index contributed by atoms with van der Waals surface area (Å²) in [5.41, 5.74) is 0.924. The molecule has 0 bridgehead atoms. The maximum absolute atomic E-state index is 12.3. The predicted octanol–water partition coefficient (Wildman–Crippen LogP) is 3.70. The van der Waals surface area contributed by atoms with Crippen molar-refractivity contribution in [1.29, 1.82) is 0 Å². The third kappa shape index (κ3) is 5.62. The minimum atomic E-state index is -3.17. The van der Waals surface area contributed by atoms with Gasteiger partial charge in [0.05, 0.1) is 4.90 Å². The summed E-state index contributed by atoms with van der Waals surface area (Å²) in [7, 11) is -3.17. The third-order valence-electron chi connectivity index (χ3n) is 5.00. The van der Waals surface area contributed by atoms with Gasteiger partial charge in [0.25, 0.3) is 0 Å². The van der Waals surface area contributed by atoms with Gasteiger partial charge in [-0.25, -0.2) is 8.42 Å². The van der Waals surface area contributed by atoms with Gasteiger partial charge in [-0.15, -0.1) is 0 Å². The van der Waals surface area contributed by atoms with Crippen molar-refractivity contribution < 1.29 is 13.2 Å². The van der Waals surface area contributed by atoms with Crippen LogP contribution in [0.1, 0.15) is 57.4 Å². The van der Waals surface area contributed by atoms with E-state index in [1.165, 1.54) is 38.4 Å². The molecule has 0 heterocycles. The fraction of sp³-hybridized carbons (Fsp3) is 0.632. The molecule has 1 saturated carbocycles. The Morgan fingerprint density at radius 3 is 2.29 bits per heavy atom. The van der Waals surface area contributed by atoms with Gasteiger partial charge in [0.15, 0.2) is 9.84 Å². The minimum Gasteiger partial charge on any atom is -0.352 e. The Morgan fingerprint density at radius 1 is 1.12 bits per heavy atom. The van der Waals surface area contributed by atoms with Gasteiger partial charge in [-0.1, -0.05) is 38.3 Å². The fourth-order valence-electron chi connectivity index (χ4n) is 3.39. The van der Waals surface area contributed by atoms with Crippen LogP contribution in [0, 0.1) is 11.8 Å². The Kier molecular flexibility index (Phi) is 6.84. The molecule has 0 radical (unpaired) electrons. The lowest BCUT2D eigenvalue weighted by molar-refractivity contribution is -0.126. The number of nitrogens with one attached hydrogen (secondary N) is 1. The Hall–Kier alpha value is -1.36. The lowest BCUT2D eigenvalue weighted by Crippen LogP contribution is -2.32. The highest BCUT2D eigenvalue weighted by molar-refractivity contribution is 7.90. The van der Waals surface area contributed by atoms with Crippen LogP contribution < -0.4 is 5.32 Å². The lowest BCUT2D eigenvalue weighted by atomic mass is 9.79. The minimum absolute atomic E-state index is 0.135. The van der Waals surface area contributed by atoms with Crippen molar-refractivity contribution in [3.8, 4) is 0 Å². The van der Waals surface area contributed by atoms with E-state index >= 15 is 0 Å². The van der Waals surface area contributed by atoms with Crippen molar-refractivity contribution >= 4 is 15.7 Å². The normalized spacial score (nSPS) is 21.4. The van der Waals surface area contributed by atoms with Crippen molar-refractivity contribution in [2.24, 2.45) is 11.8 Å². The molecule has 1 aromatic carbocycles. The average Bonchev–Trinajstić information content (AvgIpc) is 2.58. The van der Waals surface area contributed by atoms with Gasteiger partial charge in [0.1, 0.15) is 0 Å². The highest BCUT2D eigenvalue weighted by Gasteiger charge is 2.25. The first kappa shape index (κ1) is 19.0.